The fourth-order valence-electron chi connectivity index (χ4n) is 2.27. The van der Waals surface area contributed by atoms with Crippen molar-refractivity contribution in [2.45, 2.75) is 12.0 Å². The topological polar surface area (TPSA) is 55.5 Å². The molecule has 5 heteroatoms. The van der Waals surface area contributed by atoms with E-state index in [-0.39, 0.29) is 6.54 Å². The van der Waals surface area contributed by atoms with Gasteiger partial charge >= 0.3 is 0 Å². The molecule has 0 fully saturated rings. The van der Waals surface area contributed by atoms with Crippen molar-refractivity contribution in [1.29, 1.82) is 0 Å². The summed E-state index contributed by atoms with van der Waals surface area (Å²) in [4.78, 5) is 0. The predicted octanol–water partition coefficient (Wildman–Crippen LogP) is 2.75. The number of benzene rings is 2. The number of ether oxygens (including phenoxy) is 1. The number of hydrogen-bond donors (Lipinski definition) is 2. The van der Waals surface area contributed by atoms with Crippen LogP contribution in [0.1, 0.15) is 23.1 Å². The molecule has 2 aromatic carbocycles. The Morgan fingerprint density at radius 3 is 2.10 bits per heavy atom. The monoisotopic (exact) mass is 293 g/mol. The van der Waals surface area contributed by atoms with E-state index >= 15 is 0 Å². The summed E-state index contributed by atoms with van der Waals surface area (Å²) in [6.45, 7) is 0.0656. The van der Waals surface area contributed by atoms with Gasteiger partial charge < -0.3 is 15.6 Å². The van der Waals surface area contributed by atoms with Gasteiger partial charge in [-0.3, -0.25) is 0 Å². The number of nitrogens with two attached hydrogens (primary N) is 1. The van der Waals surface area contributed by atoms with Gasteiger partial charge in [0.25, 0.3) is 0 Å². The minimum absolute atomic E-state index is 0.0656. The van der Waals surface area contributed by atoms with Gasteiger partial charge in [-0.05, 0) is 35.4 Å². The van der Waals surface area contributed by atoms with Crippen molar-refractivity contribution in [2.75, 3.05) is 13.7 Å². The molecule has 0 heterocycles. The zero-order valence-electron chi connectivity index (χ0n) is 11.6. The van der Waals surface area contributed by atoms with Gasteiger partial charge in [-0.25, -0.2) is 8.78 Å². The largest absolute Gasteiger partial charge is 0.497 e. The smallest absolute Gasteiger partial charge is 0.126 e. The van der Waals surface area contributed by atoms with Crippen molar-refractivity contribution in [3.05, 3.63) is 65.2 Å². The highest BCUT2D eigenvalue weighted by molar-refractivity contribution is 5.32. The van der Waals surface area contributed by atoms with Gasteiger partial charge in [-0.15, -0.1) is 0 Å². The van der Waals surface area contributed by atoms with E-state index in [0.29, 0.717) is 16.9 Å². The molecule has 2 atom stereocenters. The molecule has 3 nitrogen and oxygen atoms in total. The van der Waals surface area contributed by atoms with Gasteiger partial charge in [0.15, 0.2) is 0 Å². The number of aliphatic hydroxyl groups is 1. The summed E-state index contributed by atoms with van der Waals surface area (Å²) in [6.07, 6.45) is -0.956. The Hall–Kier alpha value is -1.98. The molecule has 0 saturated carbocycles. The molecule has 0 aliphatic carbocycles. The third-order valence-electron chi connectivity index (χ3n) is 3.41. The van der Waals surface area contributed by atoms with Crippen LogP contribution >= 0.6 is 0 Å². The normalized spacial score (nSPS) is 13.8. The summed E-state index contributed by atoms with van der Waals surface area (Å²) in [5.41, 5.74) is 6.61. The van der Waals surface area contributed by atoms with E-state index in [2.05, 4.69) is 0 Å². The highest BCUT2D eigenvalue weighted by Crippen LogP contribution is 2.31. The number of halogens is 2. The third kappa shape index (κ3) is 3.56. The average molecular weight is 293 g/mol. The molecule has 0 bridgehead atoms. The van der Waals surface area contributed by atoms with Gasteiger partial charge in [-0.2, -0.15) is 0 Å². The lowest BCUT2D eigenvalue weighted by molar-refractivity contribution is 0.147. The van der Waals surface area contributed by atoms with E-state index in [1.807, 2.05) is 0 Å². The van der Waals surface area contributed by atoms with Crippen LogP contribution in [0.5, 0.6) is 5.75 Å². The van der Waals surface area contributed by atoms with Crippen LogP contribution in [-0.4, -0.2) is 18.8 Å². The van der Waals surface area contributed by atoms with Crippen LogP contribution in [0.15, 0.2) is 42.5 Å². The lowest BCUT2D eigenvalue weighted by atomic mass is 9.89. The van der Waals surface area contributed by atoms with Crippen LogP contribution in [-0.2, 0) is 0 Å². The zero-order chi connectivity index (χ0) is 15.4. The first kappa shape index (κ1) is 15.4. The van der Waals surface area contributed by atoms with Crippen LogP contribution in [0, 0.1) is 11.6 Å². The first-order valence-corrected chi connectivity index (χ1v) is 6.53. The van der Waals surface area contributed by atoms with Gasteiger partial charge in [0.2, 0.25) is 0 Å². The first-order valence-electron chi connectivity index (χ1n) is 6.53. The van der Waals surface area contributed by atoms with E-state index in [4.69, 9.17) is 10.5 Å². The maximum Gasteiger partial charge on any atom is 0.126 e. The Kier molecular flexibility index (Phi) is 4.88. The minimum atomic E-state index is -0.956. The van der Waals surface area contributed by atoms with E-state index < -0.39 is 23.7 Å². The summed E-state index contributed by atoms with van der Waals surface area (Å²) < 4.78 is 31.7. The van der Waals surface area contributed by atoms with Crippen molar-refractivity contribution in [3.8, 4) is 5.75 Å². The van der Waals surface area contributed by atoms with Gasteiger partial charge in [0, 0.05) is 18.5 Å². The van der Waals surface area contributed by atoms with Crippen molar-refractivity contribution in [2.24, 2.45) is 5.73 Å². The molecule has 21 heavy (non-hydrogen) atoms. The first-order chi connectivity index (χ1) is 10.0. The second kappa shape index (κ2) is 6.65. The molecule has 0 aliphatic heterocycles. The van der Waals surface area contributed by atoms with Crippen LogP contribution < -0.4 is 10.5 Å². The maximum absolute atomic E-state index is 13.3. The minimum Gasteiger partial charge on any atom is -0.497 e. The number of rotatable bonds is 5. The third-order valence-corrected chi connectivity index (χ3v) is 3.41. The molecule has 0 aliphatic rings. The number of aliphatic hydroxyl groups excluding tert-OH is 1. The van der Waals surface area contributed by atoms with Gasteiger partial charge in [0.1, 0.15) is 17.4 Å². The molecule has 0 amide bonds. The van der Waals surface area contributed by atoms with E-state index in [9.17, 15) is 13.9 Å². The lowest BCUT2D eigenvalue weighted by Crippen LogP contribution is -2.20. The Balaban J connectivity index is 2.30. The molecule has 0 aromatic heterocycles. The van der Waals surface area contributed by atoms with Gasteiger partial charge in [0.05, 0.1) is 13.2 Å². The summed E-state index contributed by atoms with van der Waals surface area (Å²) in [5.74, 6) is -1.31. The summed E-state index contributed by atoms with van der Waals surface area (Å²) in [6, 6.07) is 9.97. The summed E-state index contributed by atoms with van der Waals surface area (Å²) in [5, 5.41) is 10.4. The Morgan fingerprint density at radius 2 is 1.62 bits per heavy atom. The molecule has 0 spiro atoms. The molecule has 3 N–H and O–H groups in total. The van der Waals surface area contributed by atoms with Crippen molar-refractivity contribution in [3.63, 3.8) is 0 Å². The standard InChI is InChI=1S/C16H17F2NO2/c1-21-14-4-2-10(3-5-14)16(20)15(9-19)11-6-12(17)8-13(18)7-11/h2-8,15-16,20H,9,19H2,1H3. The van der Waals surface area contributed by atoms with Crippen LogP contribution in [0.4, 0.5) is 8.78 Å². The predicted molar refractivity (Wildman–Crippen MR) is 76.1 cm³/mol. The van der Waals surface area contributed by atoms with Crippen molar-refractivity contribution >= 4 is 0 Å². The quantitative estimate of drug-likeness (QED) is 0.891. The number of hydrogen-bond acceptors (Lipinski definition) is 3. The fourth-order valence-corrected chi connectivity index (χ4v) is 2.27. The van der Waals surface area contributed by atoms with Gasteiger partial charge in [-0.1, -0.05) is 12.1 Å². The summed E-state index contributed by atoms with van der Waals surface area (Å²) >= 11 is 0. The van der Waals surface area contributed by atoms with Crippen molar-refractivity contribution < 1.29 is 18.6 Å². The maximum atomic E-state index is 13.3. The lowest BCUT2D eigenvalue weighted by Gasteiger charge is -2.22. The summed E-state index contributed by atoms with van der Waals surface area (Å²) in [7, 11) is 1.55. The average Bonchev–Trinajstić information content (AvgIpc) is 2.47. The highest BCUT2D eigenvalue weighted by atomic mass is 19.1. The molecule has 0 saturated heterocycles. The Morgan fingerprint density at radius 1 is 1.05 bits per heavy atom. The Bertz CT molecular complexity index is 581. The molecule has 2 aromatic rings. The SMILES string of the molecule is COc1ccc(C(O)C(CN)c2cc(F)cc(F)c2)cc1. The molecule has 112 valence electrons. The molecule has 2 rings (SSSR count). The fraction of sp³-hybridized carbons (Fsp3) is 0.250. The molecular weight excluding hydrogens is 276 g/mol. The van der Waals surface area contributed by atoms with E-state index in [1.54, 1.807) is 31.4 Å². The second-order valence-electron chi connectivity index (χ2n) is 4.76. The highest BCUT2D eigenvalue weighted by Gasteiger charge is 2.22. The van der Waals surface area contributed by atoms with Crippen LogP contribution in [0.25, 0.3) is 0 Å². The zero-order valence-corrected chi connectivity index (χ0v) is 11.6. The Labute approximate surface area is 122 Å². The van der Waals surface area contributed by atoms with E-state index in [1.165, 1.54) is 12.1 Å². The number of methoxy groups -OCH3 is 1. The van der Waals surface area contributed by atoms with Crippen LogP contribution in [0.3, 0.4) is 0 Å². The molecule has 2 unspecified atom stereocenters. The van der Waals surface area contributed by atoms with E-state index in [0.717, 1.165) is 6.07 Å². The second-order valence-corrected chi connectivity index (χ2v) is 4.76. The van der Waals surface area contributed by atoms with Crippen molar-refractivity contribution in [1.82, 2.24) is 0 Å². The van der Waals surface area contributed by atoms with Crippen LogP contribution in [0.2, 0.25) is 0 Å². The molecular formula is C16H17F2NO2. The molecule has 0 radical (unpaired) electrons.